The number of ether oxygens (including phenoxy) is 1. The van der Waals surface area contributed by atoms with E-state index in [2.05, 4.69) is 10.3 Å². The average Bonchev–Trinajstić information content (AvgIpc) is 3.46. The predicted octanol–water partition coefficient (Wildman–Crippen LogP) is 5.99. The maximum absolute atomic E-state index is 13.1. The number of piperidine rings is 1. The van der Waals surface area contributed by atoms with Gasteiger partial charge in [-0.05, 0) is 36.8 Å². The Morgan fingerprint density at radius 3 is 2.55 bits per heavy atom. The van der Waals surface area contributed by atoms with Crippen LogP contribution >= 0.6 is 46.3 Å². The van der Waals surface area contributed by atoms with Crippen LogP contribution in [0, 0.1) is 5.92 Å². The Kier molecular flexibility index (Phi) is 10.7. The van der Waals surface area contributed by atoms with Crippen LogP contribution in [0.2, 0.25) is 10.0 Å². The summed E-state index contributed by atoms with van der Waals surface area (Å²) in [4.78, 5) is 45.5. The highest BCUT2D eigenvalue weighted by atomic mass is 35.5. The lowest BCUT2D eigenvalue weighted by atomic mass is 9.95. The van der Waals surface area contributed by atoms with Crippen molar-refractivity contribution >= 4 is 70.2 Å². The molecule has 2 amide bonds. The number of thioether (sulfide) groups is 1. The maximum atomic E-state index is 13.1. The van der Waals surface area contributed by atoms with E-state index in [1.807, 2.05) is 54.1 Å². The van der Waals surface area contributed by atoms with Gasteiger partial charge in [-0.3, -0.25) is 9.59 Å². The first-order valence-electron chi connectivity index (χ1n) is 12.7. The van der Waals surface area contributed by atoms with E-state index in [-0.39, 0.29) is 24.2 Å². The van der Waals surface area contributed by atoms with Gasteiger partial charge in [0.15, 0.2) is 0 Å². The lowest BCUT2D eigenvalue weighted by Crippen LogP contribution is -2.48. The maximum Gasteiger partial charge on any atom is 0.328 e. The molecule has 40 heavy (non-hydrogen) atoms. The fraction of sp³-hybridized carbons (Fsp3) is 0.310. The SMILES string of the molecule is COC(=O)C(Cc1csc(-c2ccccc2)n1)NC(=O)C1CCN(C(=O)/C=C/c2ccc(SC)c(Cl)c2Cl)CC1. The van der Waals surface area contributed by atoms with E-state index in [1.54, 1.807) is 11.0 Å². The number of halogens is 2. The molecule has 3 aromatic rings. The fourth-order valence-electron chi connectivity index (χ4n) is 4.41. The van der Waals surface area contributed by atoms with Crippen molar-refractivity contribution in [1.82, 2.24) is 15.2 Å². The summed E-state index contributed by atoms with van der Waals surface area (Å²) in [5, 5.41) is 6.46. The topological polar surface area (TPSA) is 88.6 Å². The van der Waals surface area contributed by atoms with E-state index in [0.717, 1.165) is 15.5 Å². The van der Waals surface area contributed by atoms with Crippen molar-refractivity contribution in [2.45, 2.75) is 30.2 Å². The Morgan fingerprint density at radius 2 is 1.88 bits per heavy atom. The second-order valence-corrected chi connectivity index (χ2v) is 11.7. The first-order valence-corrected chi connectivity index (χ1v) is 15.5. The van der Waals surface area contributed by atoms with Gasteiger partial charge in [-0.25, -0.2) is 9.78 Å². The Hall–Kier alpha value is -2.85. The predicted molar refractivity (Wildman–Crippen MR) is 162 cm³/mol. The van der Waals surface area contributed by atoms with Gasteiger partial charge in [0, 0.05) is 47.3 Å². The number of nitrogens with zero attached hydrogens (tertiary/aromatic N) is 2. The molecular formula is C29H29Cl2N3O4S2. The quantitative estimate of drug-likeness (QED) is 0.180. The van der Waals surface area contributed by atoms with Crippen LogP contribution in [-0.4, -0.2) is 60.2 Å². The van der Waals surface area contributed by atoms with Gasteiger partial charge in [-0.15, -0.1) is 23.1 Å². The van der Waals surface area contributed by atoms with Gasteiger partial charge >= 0.3 is 5.97 Å². The number of benzene rings is 2. The summed E-state index contributed by atoms with van der Waals surface area (Å²) in [5.41, 5.74) is 2.36. The molecule has 1 fully saturated rings. The molecule has 0 spiro atoms. The van der Waals surface area contributed by atoms with Crippen molar-refractivity contribution in [2.24, 2.45) is 5.92 Å². The minimum atomic E-state index is -0.847. The van der Waals surface area contributed by atoms with Crippen LogP contribution in [0.3, 0.4) is 0 Å². The molecule has 0 bridgehead atoms. The number of esters is 1. The summed E-state index contributed by atoms with van der Waals surface area (Å²) < 4.78 is 4.95. The molecule has 1 unspecified atom stereocenters. The lowest BCUT2D eigenvalue weighted by molar-refractivity contribution is -0.145. The van der Waals surface area contributed by atoms with Gasteiger partial charge in [0.25, 0.3) is 0 Å². The second-order valence-electron chi connectivity index (χ2n) is 9.22. The number of thiazole rings is 1. The van der Waals surface area contributed by atoms with Crippen molar-refractivity contribution in [3.8, 4) is 10.6 Å². The molecule has 0 radical (unpaired) electrons. The number of nitrogens with one attached hydrogen (secondary N) is 1. The number of amides is 2. The molecule has 0 aliphatic carbocycles. The zero-order valence-corrected chi connectivity index (χ0v) is 25.2. The van der Waals surface area contributed by atoms with E-state index >= 15 is 0 Å². The molecule has 1 aliphatic heterocycles. The van der Waals surface area contributed by atoms with Gasteiger partial charge in [0.1, 0.15) is 11.0 Å². The third-order valence-corrected chi connectivity index (χ3v) is 9.40. The van der Waals surface area contributed by atoms with Crippen molar-refractivity contribution in [2.75, 3.05) is 26.5 Å². The molecule has 1 aromatic heterocycles. The third-order valence-electron chi connectivity index (χ3n) is 6.67. The second kappa shape index (κ2) is 14.2. The molecule has 2 aromatic carbocycles. The number of carbonyl (C=O) groups is 3. The number of carbonyl (C=O) groups excluding carboxylic acids is 3. The molecule has 0 saturated carbocycles. The lowest BCUT2D eigenvalue weighted by Gasteiger charge is -2.31. The number of rotatable bonds is 9. The Bertz CT molecular complexity index is 1390. The zero-order valence-electron chi connectivity index (χ0n) is 22.1. The van der Waals surface area contributed by atoms with Crippen LogP contribution in [-0.2, 0) is 25.5 Å². The molecule has 2 heterocycles. The number of likely N-dealkylation sites (tertiary alicyclic amines) is 1. The minimum Gasteiger partial charge on any atom is -0.467 e. The smallest absolute Gasteiger partial charge is 0.328 e. The monoisotopic (exact) mass is 617 g/mol. The Morgan fingerprint density at radius 1 is 1.15 bits per heavy atom. The van der Waals surface area contributed by atoms with E-state index in [0.29, 0.717) is 47.2 Å². The summed E-state index contributed by atoms with van der Waals surface area (Å²) in [6.45, 7) is 0.854. The molecule has 7 nitrogen and oxygen atoms in total. The van der Waals surface area contributed by atoms with Crippen molar-refractivity contribution in [3.05, 3.63) is 75.2 Å². The summed E-state index contributed by atoms with van der Waals surface area (Å²) in [6.07, 6.45) is 6.25. The van der Waals surface area contributed by atoms with E-state index < -0.39 is 12.0 Å². The number of methoxy groups -OCH3 is 1. The van der Waals surface area contributed by atoms with E-state index in [4.69, 9.17) is 27.9 Å². The molecule has 1 atom stereocenters. The zero-order chi connectivity index (χ0) is 28.6. The van der Waals surface area contributed by atoms with Gasteiger partial charge in [0.2, 0.25) is 11.8 Å². The van der Waals surface area contributed by atoms with Crippen LogP contribution < -0.4 is 5.32 Å². The molecule has 210 valence electrons. The van der Waals surface area contributed by atoms with E-state index in [1.165, 1.54) is 36.3 Å². The van der Waals surface area contributed by atoms with Crippen molar-refractivity contribution in [1.29, 1.82) is 0 Å². The average molecular weight is 619 g/mol. The minimum absolute atomic E-state index is 0.162. The first-order chi connectivity index (χ1) is 19.3. The molecule has 4 rings (SSSR count). The summed E-state index contributed by atoms with van der Waals surface area (Å²) in [7, 11) is 1.30. The summed E-state index contributed by atoms with van der Waals surface area (Å²) in [5.74, 6) is -1.23. The van der Waals surface area contributed by atoms with Crippen LogP contribution in [0.5, 0.6) is 0 Å². The summed E-state index contributed by atoms with van der Waals surface area (Å²) in [6, 6.07) is 12.6. The van der Waals surface area contributed by atoms with E-state index in [9.17, 15) is 14.4 Å². The highest BCUT2D eigenvalue weighted by Gasteiger charge is 2.30. The summed E-state index contributed by atoms with van der Waals surface area (Å²) >= 11 is 15.6. The number of hydrogen-bond acceptors (Lipinski definition) is 7. The van der Waals surface area contributed by atoms with Gasteiger partial charge in [-0.1, -0.05) is 59.6 Å². The van der Waals surface area contributed by atoms with Crippen LogP contribution in [0.15, 0.2) is 58.8 Å². The standard InChI is InChI=1S/C29H29Cl2N3O4S2/c1-38-29(37)22(16-21-17-40-28(32-21)20-6-4-3-5-7-20)33-27(36)19-12-14-34(15-13-19)24(35)11-9-18-8-10-23(39-2)26(31)25(18)30/h3-11,17,19,22H,12-16H2,1-2H3,(H,33,36)/b11-9+. The number of aromatic nitrogens is 1. The van der Waals surface area contributed by atoms with Crippen LogP contribution in [0.1, 0.15) is 24.1 Å². The third kappa shape index (κ3) is 7.46. The normalized spacial score (nSPS) is 14.8. The van der Waals surface area contributed by atoms with Crippen molar-refractivity contribution in [3.63, 3.8) is 0 Å². The Balaban J connectivity index is 1.32. The first kappa shape index (κ1) is 30.1. The highest BCUT2D eigenvalue weighted by molar-refractivity contribution is 7.98. The van der Waals surface area contributed by atoms with Crippen LogP contribution in [0.4, 0.5) is 0 Å². The largest absolute Gasteiger partial charge is 0.467 e. The highest BCUT2D eigenvalue weighted by Crippen LogP contribution is 2.35. The molecule has 1 saturated heterocycles. The fourth-order valence-corrected chi connectivity index (χ4v) is 6.42. The molecule has 1 aliphatic rings. The Labute approximate surface area is 251 Å². The van der Waals surface area contributed by atoms with Crippen molar-refractivity contribution < 1.29 is 19.1 Å². The number of hydrogen-bond donors (Lipinski definition) is 1. The molecular weight excluding hydrogens is 589 g/mol. The van der Waals surface area contributed by atoms with Crippen LogP contribution in [0.25, 0.3) is 16.6 Å². The van der Waals surface area contributed by atoms with Gasteiger partial charge in [0.05, 0.1) is 22.8 Å². The molecule has 11 heteroatoms. The van der Waals surface area contributed by atoms with Gasteiger partial charge < -0.3 is 15.0 Å². The van der Waals surface area contributed by atoms with Gasteiger partial charge in [-0.2, -0.15) is 0 Å². The molecule has 1 N–H and O–H groups in total.